The van der Waals surface area contributed by atoms with Gasteiger partial charge in [-0.15, -0.1) is 0 Å². The second-order valence-corrected chi connectivity index (χ2v) is 9.27. The predicted octanol–water partition coefficient (Wildman–Crippen LogP) is 2.10. The van der Waals surface area contributed by atoms with Crippen molar-refractivity contribution in [3.63, 3.8) is 0 Å². The van der Waals surface area contributed by atoms with Gasteiger partial charge in [-0.05, 0) is 38.8 Å². The first kappa shape index (κ1) is 21.3. The van der Waals surface area contributed by atoms with Gasteiger partial charge in [0.1, 0.15) is 11.2 Å². The van der Waals surface area contributed by atoms with Crippen molar-refractivity contribution in [3.8, 4) is 5.69 Å². The first-order valence-electron chi connectivity index (χ1n) is 11.8. The third-order valence-corrected chi connectivity index (χ3v) is 7.14. The van der Waals surface area contributed by atoms with E-state index in [9.17, 15) is 4.79 Å². The van der Waals surface area contributed by atoms with Crippen molar-refractivity contribution in [1.82, 2.24) is 34.4 Å². The molecule has 32 heavy (non-hydrogen) atoms. The Bertz CT molecular complexity index is 1090. The van der Waals surface area contributed by atoms with Gasteiger partial charge < -0.3 is 4.98 Å². The van der Waals surface area contributed by atoms with E-state index in [4.69, 9.17) is 4.98 Å². The highest BCUT2D eigenvalue weighted by molar-refractivity contribution is 5.75. The van der Waals surface area contributed by atoms with Crippen LogP contribution < -0.4 is 5.56 Å². The van der Waals surface area contributed by atoms with Crippen LogP contribution in [0.5, 0.6) is 0 Å². The lowest BCUT2D eigenvalue weighted by Gasteiger charge is -2.36. The summed E-state index contributed by atoms with van der Waals surface area (Å²) in [7, 11) is 0. The quantitative estimate of drug-likeness (QED) is 0.639. The Morgan fingerprint density at radius 2 is 1.66 bits per heavy atom. The summed E-state index contributed by atoms with van der Waals surface area (Å²) in [6, 6.07) is 11.3. The van der Waals surface area contributed by atoms with Crippen molar-refractivity contribution in [1.29, 1.82) is 0 Å². The molecule has 2 unspecified atom stereocenters. The van der Waals surface area contributed by atoms with E-state index in [2.05, 4.69) is 38.6 Å². The molecule has 0 bridgehead atoms. The van der Waals surface area contributed by atoms with Gasteiger partial charge >= 0.3 is 0 Å². The summed E-state index contributed by atoms with van der Waals surface area (Å²) in [5.41, 5.74) is 1.39. The minimum atomic E-state index is -0.125. The van der Waals surface area contributed by atoms with Crippen LogP contribution in [0.4, 0.5) is 0 Å². The van der Waals surface area contributed by atoms with E-state index in [0.29, 0.717) is 35.5 Å². The Morgan fingerprint density at radius 1 is 0.969 bits per heavy atom. The van der Waals surface area contributed by atoms with Crippen molar-refractivity contribution in [2.75, 3.05) is 39.3 Å². The number of aromatic amines is 1. The van der Waals surface area contributed by atoms with E-state index >= 15 is 0 Å². The zero-order chi connectivity index (χ0) is 22.1. The van der Waals surface area contributed by atoms with Crippen LogP contribution in [0, 0.1) is 0 Å². The van der Waals surface area contributed by atoms with Crippen molar-refractivity contribution in [3.05, 3.63) is 52.7 Å². The lowest BCUT2D eigenvalue weighted by molar-refractivity contribution is 0.104. The highest BCUT2D eigenvalue weighted by Gasteiger charge is 2.27. The van der Waals surface area contributed by atoms with E-state index in [1.165, 1.54) is 12.8 Å². The third-order valence-electron chi connectivity index (χ3n) is 7.14. The largest absolute Gasteiger partial charge is 0.309 e. The van der Waals surface area contributed by atoms with Gasteiger partial charge in [0.2, 0.25) is 0 Å². The lowest BCUT2D eigenvalue weighted by Crippen LogP contribution is -2.49. The molecule has 2 fully saturated rings. The number of fused-ring (bicyclic) bond motifs is 1. The molecule has 2 atom stereocenters. The summed E-state index contributed by atoms with van der Waals surface area (Å²) in [5, 5.41) is 4.92. The molecule has 2 aromatic heterocycles. The fourth-order valence-corrected chi connectivity index (χ4v) is 5.13. The van der Waals surface area contributed by atoms with Crippen LogP contribution in [0.3, 0.4) is 0 Å². The molecule has 5 rings (SSSR count). The Balaban J connectivity index is 1.22. The number of piperazine rings is 1. The minimum absolute atomic E-state index is 0.125. The topological polar surface area (TPSA) is 73.3 Å². The minimum Gasteiger partial charge on any atom is -0.309 e. The molecule has 2 saturated heterocycles. The zero-order valence-corrected chi connectivity index (χ0v) is 19.1. The highest BCUT2D eigenvalue weighted by atomic mass is 16.1. The third kappa shape index (κ3) is 4.35. The Labute approximate surface area is 188 Å². The number of hydrogen-bond donors (Lipinski definition) is 1. The van der Waals surface area contributed by atoms with Crippen LogP contribution in [0.2, 0.25) is 0 Å². The average Bonchev–Trinajstić information content (AvgIpc) is 3.37. The summed E-state index contributed by atoms with van der Waals surface area (Å²) >= 11 is 0. The molecule has 4 heterocycles. The predicted molar refractivity (Wildman–Crippen MR) is 126 cm³/mol. The second kappa shape index (κ2) is 9.13. The second-order valence-electron chi connectivity index (χ2n) is 9.27. The van der Waals surface area contributed by atoms with Gasteiger partial charge in [-0.25, -0.2) is 9.67 Å². The molecule has 0 aliphatic carbocycles. The van der Waals surface area contributed by atoms with Crippen LogP contribution in [-0.4, -0.2) is 85.8 Å². The SMILES string of the molecule is CC1CCC(C)N1CCN1CCN(Cc2nc3c(cnn3-c3ccccc3)c(=O)[nH]2)CC1. The van der Waals surface area contributed by atoms with Crippen LogP contribution in [0.15, 0.2) is 41.3 Å². The molecule has 8 nitrogen and oxygen atoms in total. The Morgan fingerprint density at radius 3 is 2.38 bits per heavy atom. The molecular weight excluding hydrogens is 402 g/mol. The van der Waals surface area contributed by atoms with E-state index in [1.807, 2.05) is 30.3 Å². The van der Waals surface area contributed by atoms with Gasteiger partial charge in [0, 0.05) is 51.4 Å². The molecule has 170 valence electrons. The number of nitrogens with zero attached hydrogens (tertiary/aromatic N) is 6. The molecule has 8 heteroatoms. The van der Waals surface area contributed by atoms with E-state index in [1.54, 1.807) is 10.9 Å². The van der Waals surface area contributed by atoms with Crippen LogP contribution in [0.25, 0.3) is 16.7 Å². The highest BCUT2D eigenvalue weighted by Crippen LogP contribution is 2.23. The number of para-hydroxylation sites is 1. The number of benzene rings is 1. The maximum absolute atomic E-state index is 12.6. The van der Waals surface area contributed by atoms with Gasteiger partial charge in [-0.3, -0.25) is 19.5 Å². The number of hydrogen-bond acceptors (Lipinski definition) is 6. The number of H-pyrrole nitrogens is 1. The molecular formula is C24H33N7O. The molecule has 0 saturated carbocycles. The molecule has 1 aromatic carbocycles. The van der Waals surface area contributed by atoms with Gasteiger partial charge in [0.25, 0.3) is 5.56 Å². The first-order valence-corrected chi connectivity index (χ1v) is 11.8. The number of rotatable bonds is 6. The normalized spacial score (nSPS) is 23.3. The van der Waals surface area contributed by atoms with E-state index < -0.39 is 0 Å². The molecule has 0 radical (unpaired) electrons. The average molecular weight is 436 g/mol. The molecule has 2 aliphatic rings. The lowest BCUT2D eigenvalue weighted by atomic mass is 10.2. The number of likely N-dealkylation sites (tertiary alicyclic amines) is 1. The number of nitrogens with one attached hydrogen (secondary N) is 1. The summed E-state index contributed by atoms with van der Waals surface area (Å²) in [6.45, 7) is 11.8. The number of aromatic nitrogens is 4. The smallest absolute Gasteiger partial charge is 0.262 e. The van der Waals surface area contributed by atoms with Gasteiger partial charge in [0.15, 0.2) is 5.65 Å². The first-order chi connectivity index (χ1) is 15.6. The zero-order valence-electron chi connectivity index (χ0n) is 19.1. The van der Waals surface area contributed by atoms with Gasteiger partial charge in [0.05, 0.1) is 18.4 Å². The van der Waals surface area contributed by atoms with Crippen molar-refractivity contribution < 1.29 is 0 Å². The fourth-order valence-electron chi connectivity index (χ4n) is 5.13. The monoisotopic (exact) mass is 435 g/mol. The van der Waals surface area contributed by atoms with Gasteiger partial charge in [-0.2, -0.15) is 5.10 Å². The fraction of sp³-hybridized carbons (Fsp3) is 0.542. The van der Waals surface area contributed by atoms with Crippen molar-refractivity contribution in [2.24, 2.45) is 0 Å². The summed E-state index contributed by atoms with van der Waals surface area (Å²) in [5.74, 6) is 0.702. The molecule has 1 N–H and O–H groups in total. The standard InChI is InChI=1S/C24H33N7O/c1-18-8-9-19(2)30(18)15-14-28-10-12-29(13-11-28)17-22-26-23-21(24(32)27-22)16-25-31(23)20-6-4-3-5-7-20/h3-7,16,18-19H,8-15,17H2,1-2H3,(H,26,27,32). The van der Waals surface area contributed by atoms with Crippen LogP contribution in [-0.2, 0) is 6.54 Å². The van der Waals surface area contributed by atoms with Gasteiger partial charge in [-0.1, -0.05) is 18.2 Å². The Hall–Kier alpha value is -2.55. The molecule has 0 amide bonds. The maximum Gasteiger partial charge on any atom is 0.262 e. The van der Waals surface area contributed by atoms with Crippen molar-refractivity contribution >= 4 is 11.0 Å². The maximum atomic E-state index is 12.6. The van der Waals surface area contributed by atoms with Crippen molar-refractivity contribution in [2.45, 2.75) is 45.3 Å². The Kier molecular flexibility index (Phi) is 6.08. The van der Waals surface area contributed by atoms with Crippen LogP contribution in [0.1, 0.15) is 32.5 Å². The van der Waals surface area contributed by atoms with E-state index in [0.717, 1.165) is 45.0 Å². The van der Waals surface area contributed by atoms with E-state index in [-0.39, 0.29) is 5.56 Å². The molecule has 3 aromatic rings. The molecule has 0 spiro atoms. The summed E-state index contributed by atoms with van der Waals surface area (Å²) in [4.78, 5) is 28.0. The summed E-state index contributed by atoms with van der Waals surface area (Å²) in [6.07, 6.45) is 4.25. The summed E-state index contributed by atoms with van der Waals surface area (Å²) < 4.78 is 1.74. The molecule has 2 aliphatic heterocycles. The van der Waals surface area contributed by atoms with Crippen LogP contribution >= 0.6 is 0 Å².